The van der Waals surface area contributed by atoms with Crippen LogP contribution in [-0.4, -0.2) is 24.6 Å². The molecule has 1 aliphatic heterocycles. The van der Waals surface area contributed by atoms with E-state index in [1.165, 1.54) is 12.1 Å². The highest BCUT2D eigenvalue weighted by atomic mass is 16.5. The Morgan fingerprint density at radius 2 is 2.22 bits per heavy atom. The number of ether oxygens (including phenoxy) is 1. The molecule has 1 aromatic carbocycles. The fourth-order valence-electron chi connectivity index (χ4n) is 1.88. The Hall–Kier alpha value is -1.88. The third-order valence-corrected chi connectivity index (χ3v) is 2.95. The topological polar surface area (TPSA) is 78.5 Å². The van der Waals surface area contributed by atoms with Crippen LogP contribution >= 0.6 is 0 Å². The lowest BCUT2D eigenvalue weighted by Gasteiger charge is -2.14. The molecular formula is C13H14NO4-. The first-order chi connectivity index (χ1) is 8.58. The lowest BCUT2D eigenvalue weighted by Crippen LogP contribution is -2.27. The van der Waals surface area contributed by atoms with Gasteiger partial charge in [0.1, 0.15) is 6.10 Å². The van der Waals surface area contributed by atoms with Crippen molar-refractivity contribution < 1.29 is 19.4 Å². The van der Waals surface area contributed by atoms with Crippen molar-refractivity contribution in [2.24, 2.45) is 0 Å². The molecule has 0 saturated carbocycles. The lowest BCUT2D eigenvalue weighted by atomic mass is 10.1. The number of aryl methyl sites for hydroxylation is 1. The molecule has 1 unspecified atom stereocenters. The van der Waals surface area contributed by atoms with Crippen LogP contribution in [0.4, 0.5) is 5.69 Å². The van der Waals surface area contributed by atoms with Gasteiger partial charge in [-0.1, -0.05) is 12.1 Å². The zero-order valence-electron chi connectivity index (χ0n) is 10.1. The second kappa shape index (κ2) is 5.18. The molecule has 96 valence electrons. The first-order valence-electron chi connectivity index (χ1n) is 5.82. The van der Waals surface area contributed by atoms with Gasteiger partial charge in [-0.3, -0.25) is 4.79 Å². The number of carboxylic acids is 1. The number of rotatable bonds is 3. The van der Waals surface area contributed by atoms with E-state index in [2.05, 4.69) is 5.32 Å². The molecule has 5 nitrogen and oxygen atoms in total. The minimum atomic E-state index is -1.26. The fourth-order valence-corrected chi connectivity index (χ4v) is 1.88. The maximum Gasteiger partial charge on any atom is 0.253 e. The van der Waals surface area contributed by atoms with Crippen LogP contribution in [0, 0.1) is 6.92 Å². The summed E-state index contributed by atoms with van der Waals surface area (Å²) in [6, 6.07) is 4.49. The van der Waals surface area contributed by atoms with Crippen molar-refractivity contribution in [2.45, 2.75) is 25.9 Å². The van der Waals surface area contributed by atoms with Gasteiger partial charge in [-0.2, -0.15) is 0 Å². The zero-order chi connectivity index (χ0) is 13.1. The smallest absolute Gasteiger partial charge is 0.253 e. The Kier molecular flexibility index (Phi) is 3.62. The van der Waals surface area contributed by atoms with E-state index in [9.17, 15) is 14.7 Å². The molecule has 0 spiro atoms. The van der Waals surface area contributed by atoms with Crippen molar-refractivity contribution in [2.75, 3.05) is 11.9 Å². The van der Waals surface area contributed by atoms with Crippen LogP contribution < -0.4 is 10.4 Å². The summed E-state index contributed by atoms with van der Waals surface area (Å²) in [6.07, 6.45) is 1.14. The van der Waals surface area contributed by atoms with Crippen molar-refractivity contribution in [1.82, 2.24) is 0 Å². The average molecular weight is 248 g/mol. The number of benzene rings is 1. The van der Waals surface area contributed by atoms with E-state index in [4.69, 9.17) is 4.74 Å². The summed E-state index contributed by atoms with van der Waals surface area (Å²) >= 11 is 0. The molecule has 0 radical (unpaired) electrons. The fraction of sp³-hybridized carbons (Fsp3) is 0.385. The number of hydrogen-bond donors (Lipinski definition) is 1. The van der Waals surface area contributed by atoms with Gasteiger partial charge < -0.3 is 20.0 Å². The number of carboxylic acid groups (broad SMARTS) is 1. The molecule has 1 saturated heterocycles. The number of anilines is 1. The van der Waals surface area contributed by atoms with Crippen LogP contribution in [0.1, 0.15) is 28.8 Å². The summed E-state index contributed by atoms with van der Waals surface area (Å²) in [6.45, 7) is 2.39. The van der Waals surface area contributed by atoms with Crippen molar-refractivity contribution >= 4 is 17.6 Å². The zero-order valence-corrected chi connectivity index (χ0v) is 10.1. The van der Waals surface area contributed by atoms with Gasteiger partial charge in [-0.05, 0) is 37.0 Å². The molecule has 0 bridgehead atoms. The monoisotopic (exact) mass is 248 g/mol. The third kappa shape index (κ3) is 2.68. The van der Waals surface area contributed by atoms with E-state index < -0.39 is 12.1 Å². The standard InChI is InChI=1S/C13H15NO4/c1-8-4-5-9(13(16)17)7-10(8)14-12(15)11-3-2-6-18-11/h4-5,7,11H,2-3,6H2,1H3,(H,14,15)(H,16,17)/p-1. The van der Waals surface area contributed by atoms with Crippen LogP contribution in [0.15, 0.2) is 18.2 Å². The van der Waals surface area contributed by atoms with Gasteiger partial charge in [0.15, 0.2) is 0 Å². The highest BCUT2D eigenvalue weighted by Crippen LogP contribution is 2.19. The maximum absolute atomic E-state index is 11.8. The van der Waals surface area contributed by atoms with E-state index in [1.807, 2.05) is 0 Å². The Bertz CT molecular complexity index is 478. The minimum absolute atomic E-state index is 0.0447. The van der Waals surface area contributed by atoms with Crippen LogP contribution in [0.2, 0.25) is 0 Å². The number of nitrogens with one attached hydrogen (secondary N) is 1. The Labute approximate surface area is 105 Å². The number of aromatic carboxylic acids is 1. The molecule has 1 atom stereocenters. The summed E-state index contributed by atoms with van der Waals surface area (Å²) in [4.78, 5) is 22.6. The van der Waals surface area contributed by atoms with E-state index in [-0.39, 0.29) is 11.5 Å². The molecule has 1 heterocycles. The minimum Gasteiger partial charge on any atom is -0.545 e. The number of amides is 1. The van der Waals surface area contributed by atoms with Crippen molar-refractivity contribution in [1.29, 1.82) is 0 Å². The largest absolute Gasteiger partial charge is 0.545 e. The molecular weight excluding hydrogens is 234 g/mol. The van der Waals surface area contributed by atoms with E-state index in [0.717, 1.165) is 12.0 Å². The average Bonchev–Trinajstić information content (AvgIpc) is 2.85. The lowest BCUT2D eigenvalue weighted by molar-refractivity contribution is -0.255. The van der Waals surface area contributed by atoms with Gasteiger partial charge in [-0.15, -0.1) is 0 Å². The van der Waals surface area contributed by atoms with Crippen LogP contribution in [0.3, 0.4) is 0 Å². The Morgan fingerprint density at radius 1 is 1.44 bits per heavy atom. The van der Waals surface area contributed by atoms with Crippen LogP contribution in [0.5, 0.6) is 0 Å². The highest BCUT2D eigenvalue weighted by molar-refractivity contribution is 5.96. The van der Waals surface area contributed by atoms with Gasteiger partial charge in [0.05, 0.1) is 5.97 Å². The first kappa shape index (κ1) is 12.6. The second-order valence-electron chi connectivity index (χ2n) is 4.31. The molecule has 1 amide bonds. The van der Waals surface area contributed by atoms with Gasteiger partial charge in [0, 0.05) is 12.3 Å². The summed E-state index contributed by atoms with van der Waals surface area (Å²) in [7, 11) is 0. The number of carbonyl (C=O) groups excluding carboxylic acids is 2. The van der Waals surface area contributed by atoms with E-state index >= 15 is 0 Å². The molecule has 1 aromatic rings. The normalized spacial score (nSPS) is 18.6. The van der Waals surface area contributed by atoms with Crippen LogP contribution in [-0.2, 0) is 9.53 Å². The maximum atomic E-state index is 11.8. The molecule has 2 rings (SSSR count). The highest BCUT2D eigenvalue weighted by Gasteiger charge is 2.23. The molecule has 1 N–H and O–H groups in total. The Morgan fingerprint density at radius 3 is 2.83 bits per heavy atom. The number of hydrogen-bond acceptors (Lipinski definition) is 4. The molecule has 0 aromatic heterocycles. The molecule has 1 fully saturated rings. The summed E-state index contributed by atoms with van der Waals surface area (Å²) in [5, 5.41) is 13.5. The third-order valence-electron chi connectivity index (χ3n) is 2.95. The van der Waals surface area contributed by atoms with Crippen molar-refractivity contribution in [3.8, 4) is 0 Å². The molecule has 5 heteroatoms. The quantitative estimate of drug-likeness (QED) is 0.843. The Balaban J connectivity index is 2.14. The molecule has 18 heavy (non-hydrogen) atoms. The van der Waals surface area contributed by atoms with Gasteiger partial charge >= 0.3 is 0 Å². The SMILES string of the molecule is Cc1ccc(C(=O)[O-])cc1NC(=O)C1CCCO1. The van der Waals surface area contributed by atoms with Gasteiger partial charge in [0.25, 0.3) is 5.91 Å². The summed E-state index contributed by atoms with van der Waals surface area (Å²) in [5.41, 5.74) is 1.33. The summed E-state index contributed by atoms with van der Waals surface area (Å²) < 4.78 is 5.26. The van der Waals surface area contributed by atoms with Gasteiger partial charge in [-0.25, -0.2) is 0 Å². The van der Waals surface area contributed by atoms with Crippen LogP contribution in [0.25, 0.3) is 0 Å². The van der Waals surface area contributed by atoms with Crippen molar-refractivity contribution in [3.05, 3.63) is 29.3 Å². The van der Waals surface area contributed by atoms with E-state index in [1.54, 1.807) is 13.0 Å². The van der Waals surface area contributed by atoms with E-state index in [0.29, 0.717) is 18.7 Å². The van der Waals surface area contributed by atoms with Gasteiger partial charge in [0.2, 0.25) is 0 Å². The summed E-state index contributed by atoms with van der Waals surface area (Å²) in [5.74, 6) is -1.49. The predicted molar refractivity (Wildman–Crippen MR) is 63.1 cm³/mol. The predicted octanol–water partition coefficient (Wildman–Crippen LogP) is 0.476. The molecule has 0 aliphatic carbocycles. The van der Waals surface area contributed by atoms with Crippen molar-refractivity contribution in [3.63, 3.8) is 0 Å². The first-order valence-corrected chi connectivity index (χ1v) is 5.82. The molecule has 1 aliphatic rings. The number of carbonyl (C=O) groups is 2. The second-order valence-corrected chi connectivity index (χ2v) is 4.31.